The van der Waals surface area contributed by atoms with Gasteiger partial charge in [-0.05, 0) is 0 Å². The third-order valence-electron chi connectivity index (χ3n) is 1.97. The number of benzene rings is 1. The average Bonchev–Trinajstić information content (AvgIpc) is 2.32. The van der Waals surface area contributed by atoms with Gasteiger partial charge < -0.3 is 0 Å². The van der Waals surface area contributed by atoms with Crippen LogP contribution in [0.15, 0.2) is 0 Å². The van der Waals surface area contributed by atoms with Gasteiger partial charge in [-0.15, -0.1) is 0 Å². The van der Waals surface area contributed by atoms with Crippen LogP contribution >= 0.6 is 25.3 Å². The predicted molar refractivity (Wildman–Crippen MR) is 56.3 cm³/mol. The normalized spacial score (nSPS) is 14.2. The van der Waals surface area contributed by atoms with Gasteiger partial charge in [-0.25, -0.2) is 22.0 Å². The van der Waals surface area contributed by atoms with E-state index in [-0.39, 0.29) is 0 Å². The van der Waals surface area contributed by atoms with Crippen molar-refractivity contribution < 1.29 is 22.0 Å². The van der Waals surface area contributed by atoms with Gasteiger partial charge in [-0.2, -0.15) is 30.5 Å². The van der Waals surface area contributed by atoms with Crippen LogP contribution in [0.4, 0.5) is 22.0 Å². The molecule has 17 heavy (non-hydrogen) atoms. The Morgan fingerprint density at radius 1 is 0.824 bits per heavy atom. The second-order valence-corrected chi connectivity index (χ2v) is 4.12. The second kappa shape index (κ2) is 5.14. The molecule has 0 saturated carbocycles. The summed E-state index contributed by atoms with van der Waals surface area (Å²) in [7, 11) is 0. The minimum Gasteiger partial charge on any atom is -0.203 e. The Labute approximate surface area is 104 Å². The maximum Gasteiger partial charge on any atom is 0.200 e. The Morgan fingerprint density at radius 2 is 1.18 bits per heavy atom. The number of rotatable bonds is 2. The molecule has 0 radical (unpaired) electrons. The van der Waals surface area contributed by atoms with Crippen molar-refractivity contribution in [2.45, 2.75) is 10.5 Å². The molecule has 0 fully saturated rings. The van der Waals surface area contributed by atoms with E-state index in [0.717, 1.165) is 0 Å². The highest BCUT2D eigenvalue weighted by atomic mass is 32.1. The molecular formula is C9H4F5NS2. The number of thiol groups is 2. The first-order valence-electron chi connectivity index (χ1n) is 4.10. The fourth-order valence-corrected chi connectivity index (χ4v) is 1.55. The zero-order chi connectivity index (χ0) is 13.3. The lowest BCUT2D eigenvalue weighted by molar-refractivity contribution is 0.370. The molecule has 0 heterocycles. The fraction of sp³-hybridized carbons (Fsp3) is 0.222. The Bertz CT molecular complexity index is 470. The van der Waals surface area contributed by atoms with Crippen molar-refractivity contribution in [2.24, 2.45) is 0 Å². The summed E-state index contributed by atoms with van der Waals surface area (Å²) in [5.41, 5.74) is -1.16. The van der Waals surface area contributed by atoms with Crippen LogP contribution in [0.25, 0.3) is 0 Å². The summed E-state index contributed by atoms with van der Waals surface area (Å²) in [5.74, 6) is -10.4. The van der Waals surface area contributed by atoms with Crippen LogP contribution in [0.3, 0.4) is 0 Å². The number of halogens is 5. The van der Waals surface area contributed by atoms with Crippen LogP contribution in [0.5, 0.6) is 0 Å². The Balaban J connectivity index is 3.50. The average molecular weight is 285 g/mol. The van der Waals surface area contributed by atoms with E-state index in [0.29, 0.717) is 0 Å². The molecule has 1 nitrogen and oxygen atoms in total. The van der Waals surface area contributed by atoms with Gasteiger partial charge >= 0.3 is 0 Å². The summed E-state index contributed by atoms with van der Waals surface area (Å²) in [4.78, 5) is 0. The summed E-state index contributed by atoms with van der Waals surface area (Å²) in [6.45, 7) is 0. The molecule has 1 rings (SSSR count). The second-order valence-electron chi connectivity index (χ2n) is 3.00. The van der Waals surface area contributed by atoms with Gasteiger partial charge in [0.2, 0.25) is 5.82 Å². The summed E-state index contributed by atoms with van der Waals surface area (Å²) in [6.07, 6.45) is 0. The SMILES string of the molecule is N#CC(S)C(S)c1c(F)c(F)c(F)c(F)c1F. The van der Waals surface area contributed by atoms with Gasteiger partial charge in [0, 0.05) is 5.56 Å². The van der Waals surface area contributed by atoms with Crippen LogP contribution in [-0.2, 0) is 0 Å². The molecule has 0 aliphatic carbocycles. The van der Waals surface area contributed by atoms with Crippen molar-refractivity contribution in [1.82, 2.24) is 0 Å². The predicted octanol–water partition coefficient (Wildman–Crippen LogP) is 3.17. The number of hydrogen-bond donors (Lipinski definition) is 2. The Morgan fingerprint density at radius 3 is 1.53 bits per heavy atom. The molecule has 0 aliphatic rings. The first-order chi connectivity index (χ1) is 7.82. The monoisotopic (exact) mass is 285 g/mol. The quantitative estimate of drug-likeness (QED) is 0.371. The largest absolute Gasteiger partial charge is 0.203 e. The van der Waals surface area contributed by atoms with Crippen molar-refractivity contribution in [2.75, 3.05) is 0 Å². The van der Waals surface area contributed by atoms with Crippen LogP contribution in [0.1, 0.15) is 10.8 Å². The van der Waals surface area contributed by atoms with E-state index in [2.05, 4.69) is 25.3 Å². The van der Waals surface area contributed by atoms with Crippen LogP contribution in [0, 0.1) is 40.4 Å². The van der Waals surface area contributed by atoms with Gasteiger partial charge in [0.05, 0.1) is 11.3 Å². The maximum absolute atomic E-state index is 13.2. The molecule has 8 heteroatoms. The molecule has 0 saturated heterocycles. The van der Waals surface area contributed by atoms with Gasteiger partial charge in [-0.3, -0.25) is 0 Å². The van der Waals surface area contributed by atoms with Crippen molar-refractivity contribution >= 4 is 25.3 Å². The summed E-state index contributed by atoms with van der Waals surface area (Å²) in [5, 5.41) is 5.61. The van der Waals surface area contributed by atoms with E-state index in [1.54, 1.807) is 0 Å². The van der Waals surface area contributed by atoms with E-state index >= 15 is 0 Å². The highest BCUT2D eigenvalue weighted by Gasteiger charge is 2.31. The number of nitrogens with zero attached hydrogens (tertiary/aromatic N) is 1. The lowest BCUT2D eigenvalue weighted by Crippen LogP contribution is -2.14. The summed E-state index contributed by atoms with van der Waals surface area (Å²) in [6, 6.07) is 1.49. The Kier molecular flexibility index (Phi) is 4.27. The molecule has 0 aliphatic heterocycles. The highest BCUT2D eigenvalue weighted by Crippen LogP contribution is 2.34. The van der Waals surface area contributed by atoms with Crippen LogP contribution < -0.4 is 0 Å². The fourth-order valence-electron chi connectivity index (χ4n) is 1.11. The van der Waals surface area contributed by atoms with Gasteiger partial charge in [0.25, 0.3) is 0 Å². The summed E-state index contributed by atoms with van der Waals surface area (Å²) >= 11 is 7.24. The van der Waals surface area contributed by atoms with Crippen LogP contribution in [0.2, 0.25) is 0 Å². The zero-order valence-corrected chi connectivity index (χ0v) is 9.68. The van der Waals surface area contributed by atoms with E-state index in [9.17, 15) is 22.0 Å². The molecule has 0 aromatic heterocycles. The van der Waals surface area contributed by atoms with E-state index in [4.69, 9.17) is 5.26 Å². The van der Waals surface area contributed by atoms with Crippen molar-refractivity contribution in [3.05, 3.63) is 34.6 Å². The molecule has 0 N–H and O–H groups in total. The van der Waals surface area contributed by atoms with Crippen LogP contribution in [-0.4, -0.2) is 5.25 Å². The minimum atomic E-state index is -2.25. The standard InChI is InChI=1S/C9H4F5NS2/c10-4-3(9(17)2(16)1-15)5(11)7(13)8(14)6(4)12/h2,9,16-17H. The lowest BCUT2D eigenvalue weighted by Gasteiger charge is -2.15. The summed E-state index contributed by atoms with van der Waals surface area (Å²) < 4.78 is 64.8. The molecule has 2 unspecified atom stereocenters. The van der Waals surface area contributed by atoms with E-state index < -0.39 is 45.1 Å². The van der Waals surface area contributed by atoms with Gasteiger partial charge in [0.15, 0.2) is 23.3 Å². The molecular weight excluding hydrogens is 281 g/mol. The van der Waals surface area contributed by atoms with Crippen molar-refractivity contribution in [3.8, 4) is 6.07 Å². The Hall–Kier alpha value is -0.940. The maximum atomic E-state index is 13.2. The molecule has 1 aromatic rings. The zero-order valence-electron chi connectivity index (χ0n) is 7.89. The highest BCUT2D eigenvalue weighted by molar-refractivity contribution is 7.85. The van der Waals surface area contributed by atoms with Crippen molar-refractivity contribution in [3.63, 3.8) is 0 Å². The van der Waals surface area contributed by atoms with E-state index in [1.165, 1.54) is 6.07 Å². The lowest BCUT2D eigenvalue weighted by atomic mass is 10.1. The number of hydrogen-bond acceptors (Lipinski definition) is 3. The van der Waals surface area contributed by atoms with E-state index in [1.807, 2.05) is 0 Å². The molecule has 0 bridgehead atoms. The molecule has 2 atom stereocenters. The molecule has 0 amide bonds. The third kappa shape index (κ3) is 2.35. The number of nitriles is 1. The molecule has 92 valence electrons. The topological polar surface area (TPSA) is 23.8 Å². The van der Waals surface area contributed by atoms with Gasteiger partial charge in [0.1, 0.15) is 5.25 Å². The first kappa shape index (κ1) is 14.1. The first-order valence-corrected chi connectivity index (χ1v) is 5.13. The van der Waals surface area contributed by atoms with Gasteiger partial charge in [-0.1, -0.05) is 0 Å². The smallest absolute Gasteiger partial charge is 0.200 e. The minimum absolute atomic E-state index is 1.16. The third-order valence-corrected chi connectivity index (χ3v) is 3.18. The molecule has 1 aromatic carbocycles. The molecule has 0 spiro atoms. The van der Waals surface area contributed by atoms with Crippen molar-refractivity contribution in [1.29, 1.82) is 5.26 Å².